The van der Waals surface area contributed by atoms with Gasteiger partial charge in [-0.05, 0) is 45.7 Å². The summed E-state index contributed by atoms with van der Waals surface area (Å²) in [6.07, 6.45) is 2.87. The molecule has 0 bridgehead atoms. The van der Waals surface area contributed by atoms with E-state index in [4.69, 9.17) is 0 Å². The molecule has 0 spiro atoms. The molecule has 4 heterocycles. The van der Waals surface area contributed by atoms with Gasteiger partial charge in [0.25, 0.3) is 12.0 Å². The highest BCUT2D eigenvalue weighted by molar-refractivity contribution is 7.90. The van der Waals surface area contributed by atoms with Crippen molar-refractivity contribution < 1.29 is 17.2 Å². The van der Waals surface area contributed by atoms with Gasteiger partial charge in [0, 0.05) is 18.4 Å². The fraction of sp³-hybridized carbons (Fsp3) is 0.400. The largest absolute Gasteiger partial charge is 0.360 e. The number of hydrogen-bond donors (Lipinski definition) is 1. The van der Waals surface area contributed by atoms with Crippen molar-refractivity contribution in [3.8, 4) is 11.4 Å². The van der Waals surface area contributed by atoms with Gasteiger partial charge in [-0.2, -0.15) is 0 Å². The summed E-state index contributed by atoms with van der Waals surface area (Å²) in [5.41, 5.74) is 2.31. The first-order valence-electron chi connectivity index (χ1n) is 12.3. The lowest BCUT2D eigenvalue weighted by atomic mass is 10.1. The maximum absolute atomic E-state index is 14.0. The van der Waals surface area contributed by atoms with E-state index in [0.29, 0.717) is 22.6 Å². The van der Waals surface area contributed by atoms with Crippen LogP contribution in [-0.2, 0) is 16.4 Å². The number of fused-ring (bicyclic) bond motifs is 1. The Kier molecular flexibility index (Phi) is 6.83. The minimum Gasteiger partial charge on any atom is -0.360 e. The third kappa shape index (κ3) is 5.20. The molecule has 204 valence electrons. The first-order valence-corrected chi connectivity index (χ1v) is 14.1. The van der Waals surface area contributed by atoms with Crippen LogP contribution in [0, 0.1) is 13.8 Å². The van der Waals surface area contributed by atoms with Crippen LogP contribution in [0.1, 0.15) is 54.5 Å². The number of hydrogen-bond acceptors (Lipinski definition) is 10. The van der Waals surface area contributed by atoms with Crippen LogP contribution in [0.15, 0.2) is 34.3 Å². The Balaban J connectivity index is 1.61. The van der Waals surface area contributed by atoms with Gasteiger partial charge in [0.05, 0.1) is 45.8 Å². The molecule has 5 rings (SSSR count). The molecule has 0 aromatic carbocycles. The number of pyridine rings is 1. The van der Waals surface area contributed by atoms with Gasteiger partial charge in [-0.25, -0.2) is 42.1 Å². The molecule has 1 aliphatic rings. The van der Waals surface area contributed by atoms with Crippen LogP contribution in [0.5, 0.6) is 0 Å². The Morgan fingerprint density at radius 1 is 1.08 bits per heavy atom. The summed E-state index contributed by atoms with van der Waals surface area (Å²) in [6.45, 7) is 4.73. The molecule has 1 N–H and O–H groups in total. The Morgan fingerprint density at radius 2 is 1.82 bits per heavy atom. The quantitative estimate of drug-likeness (QED) is 0.343. The first-order chi connectivity index (χ1) is 18.5. The van der Waals surface area contributed by atoms with Crippen molar-refractivity contribution in [1.82, 2.24) is 34.5 Å². The van der Waals surface area contributed by atoms with E-state index in [2.05, 4.69) is 35.2 Å². The Labute approximate surface area is 222 Å². The average molecular weight is 557 g/mol. The van der Waals surface area contributed by atoms with Crippen LogP contribution in [0.2, 0.25) is 0 Å². The van der Waals surface area contributed by atoms with E-state index in [9.17, 15) is 22.0 Å². The van der Waals surface area contributed by atoms with Gasteiger partial charge in [-0.15, -0.1) is 0 Å². The monoisotopic (exact) mass is 556 g/mol. The smallest absolute Gasteiger partial charge is 0.295 e. The van der Waals surface area contributed by atoms with E-state index in [1.165, 1.54) is 31.6 Å². The highest BCUT2D eigenvalue weighted by Crippen LogP contribution is 2.43. The Morgan fingerprint density at radius 3 is 2.44 bits per heavy atom. The van der Waals surface area contributed by atoms with Crippen molar-refractivity contribution in [3.05, 3.63) is 57.8 Å². The zero-order valence-corrected chi connectivity index (χ0v) is 22.5. The average Bonchev–Trinajstić information content (AvgIpc) is 3.72. The van der Waals surface area contributed by atoms with Gasteiger partial charge in [0.1, 0.15) is 11.8 Å². The molecule has 1 aliphatic carbocycles. The summed E-state index contributed by atoms with van der Waals surface area (Å²) >= 11 is 0. The molecule has 14 heteroatoms. The number of alkyl halides is 2. The van der Waals surface area contributed by atoms with E-state index in [-0.39, 0.29) is 40.2 Å². The van der Waals surface area contributed by atoms with Crippen LogP contribution in [-0.4, -0.2) is 55.6 Å². The van der Waals surface area contributed by atoms with Crippen LogP contribution < -0.4 is 10.9 Å². The van der Waals surface area contributed by atoms with Gasteiger partial charge < -0.3 is 5.32 Å². The summed E-state index contributed by atoms with van der Waals surface area (Å²) in [5, 5.41) is 2.85. The highest BCUT2D eigenvalue weighted by atomic mass is 32.2. The number of sulfone groups is 1. The molecule has 4 aromatic rings. The van der Waals surface area contributed by atoms with E-state index in [1.807, 2.05) is 6.92 Å². The molecule has 0 amide bonds. The zero-order chi connectivity index (χ0) is 28.1. The number of halogens is 2. The zero-order valence-electron chi connectivity index (χ0n) is 21.7. The van der Waals surface area contributed by atoms with Gasteiger partial charge >= 0.3 is 0 Å². The molecule has 1 atom stereocenters. The van der Waals surface area contributed by atoms with Crippen LogP contribution in [0.4, 0.5) is 14.6 Å². The number of aryl methyl sites for hydroxylation is 2. The van der Waals surface area contributed by atoms with Crippen molar-refractivity contribution in [1.29, 1.82) is 0 Å². The SMILES string of the molecule is Cc1ncnc(C2CC2)c1-c1nc(C)c2nc(NCc3ccc(S(C)(=O)=O)cn3)c(=O)n(C(C)C(F)F)c2n1. The predicted molar refractivity (Wildman–Crippen MR) is 139 cm³/mol. The fourth-order valence-corrected chi connectivity index (χ4v) is 4.84. The molecule has 0 radical (unpaired) electrons. The number of anilines is 1. The van der Waals surface area contributed by atoms with Crippen molar-refractivity contribution in [2.75, 3.05) is 11.6 Å². The number of aromatic nitrogens is 7. The third-order valence-electron chi connectivity index (χ3n) is 6.60. The molecule has 0 aliphatic heterocycles. The third-order valence-corrected chi connectivity index (χ3v) is 7.70. The van der Waals surface area contributed by atoms with E-state index < -0.39 is 27.9 Å². The minimum atomic E-state index is -3.42. The van der Waals surface area contributed by atoms with Crippen molar-refractivity contribution in [2.45, 2.75) is 63.4 Å². The van der Waals surface area contributed by atoms with E-state index >= 15 is 0 Å². The number of rotatable bonds is 8. The molecular weight excluding hydrogens is 530 g/mol. The van der Waals surface area contributed by atoms with Crippen LogP contribution >= 0.6 is 0 Å². The molecule has 4 aromatic heterocycles. The van der Waals surface area contributed by atoms with Crippen molar-refractivity contribution in [2.24, 2.45) is 0 Å². The second kappa shape index (κ2) is 9.98. The minimum absolute atomic E-state index is 0.00410. The maximum Gasteiger partial charge on any atom is 0.295 e. The summed E-state index contributed by atoms with van der Waals surface area (Å²) in [4.78, 5) is 39.9. The molecule has 0 saturated heterocycles. The van der Waals surface area contributed by atoms with Gasteiger partial charge in [0.15, 0.2) is 27.1 Å². The lowest BCUT2D eigenvalue weighted by Gasteiger charge is -2.19. The fourth-order valence-electron chi connectivity index (χ4n) is 4.28. The molecule has 1 unspecified atom stereocenters. The molecule has 11 nitrogen and oxygen atoms in total. The number of nitrogens with zero attached hydrogens (tertiary/aromatic N) is 7. The standard InChI is InChI=1S/C25H26F2N8O3S/c1-12-18(20(15-5-6-15)31-11-30-12)22-32-13(2)19-24(34-22)35(14(3)21(26)27)25(36)23(33-19)29-9-16-7-8-17(10-28-16)39(4,37)38/h7-8,10-11,14-15,21H,5-6,9H2,1-4H3,(H,29,33). The second-order valence-electron chi connectivity index (χ2n) is 9.62. The number of nitrogens with one attached hydrogen (secondary N) is 1. The second-order valence-corrected chi connectivity index (χ2v) is 11.6. The molecule has 39 heavy (non-hydrogen) atoms. The molecular formula is C25H26F2N8O3S. The maximum atomic E-state index is 14.0. The van der Waals surface area contributed by atoms with Crippen LogP contribution in [0.25, 0.3) is 22.6 Å². The summed E-state index contributed by atoms with van der Waals surface area (Å²) in [6, 6.07) is 1.39. The topological polar surface area (TPSA) is 146 Å². The normalized spacial score (nSPS) is 14.6. The van der Waals surface area contributed by atoms with Gasteiger partial charge in [0.2, 0.25) is 0 Å². The van der Waals surface area contributed by atoms with Crippen LogP contribution in [0.3, 0.4) is 0 Å². The lowest BCUT2D eigenvalue weighted by molar-refractivity contribution is 0.0916. The summed E-state index contributed by atoms with van der Waals surface area (Å²) in [5.74, 6) is 0.335. The molecule has 1 fully saturated rings. The van der Waals surface area contributed by atoms with Crippen molar-refractivity contribution in [3.63, 3.8) is 0 Å². The van der Waals surface area contributed by atoms with Gasteiger partial charge in [-0.1, -0.05) is 0 Å². The summed E-state index contributed by atoms with van der Waals surface area (Å²) in [7, 11) is -3.42. The van der Waals surface area contributed by atoms with E-state index in [1.54, 1.807) is 6.92 Å². The first kappa shape index (κ1) is 26.7. The molecule has 1 saturated carbocycles. The lowest BCUT2D eigenvalue weighted by Crippen LogP contribution is -2.31. The highest BCUT2D eigenvalue weighted by Gasteiger charge is 2.31. The van der Waals surface area contributed by atoms with E-state index in [0.717, 1.165) is 29.4 Å². The van der Waals surface area contributed by atoms with Crippen molar-refractivity contribution >= 4 is 26.8 Å². The summed E-state index contributed by atoms with van der Waals surface area (Å²) < 4.78 is 52.3. The van der Waals surface area contributed by atoms with Gasteiger partial charge in [-0.3, -0.25) is 14.3 Å². The predicted octanol–water partition coefficient (Wildman–Crippen LogP) is 3.37. The Hall–Kier alpha value is -3.94. The Bertz CT molecular complexity index is 1740.